The van der Waals surface area contributed by atoms with Gasteiger partial charge in [0.05, 0.1) is 0 Å². The van der Waals surface area contributed by atoms with Crippen LogP contribution in [0.2, 0.25) is 5.02 Å². The molecule has 3 aromatic carbocycles. The predicted molar refractivity (Wildman–Crippen MR) is 136 cm³/mol. The normalized spacial score (nSPS) is 17.6. The zero-order chi connectivity index (χ0) is 23.0. The van der Waals surface area contributed by atoms with Crippen LogP contribution in [0.3, 0.4) is 0 Å². The minimum atomic E-state index is -0.0126. The number of amides is 1. The van der Waals surface area contributed by atoms with Gasteiger partial charge in [-0.1, -0.05) is 66.2 Å². The molecule has 0 radical (unpaired) electrons. The van der Waals surface area contributed by atoms with E-state index >= 15 is 0 Å². The van der Waals surface area contributed by atoms with Crippen LogP contribution in [0.25, 0.3) is 0 Å². The van der Waals surface area contributed by atoms with E-state index in [0.717, 1.165) is 43.2 Å². The Balaban J connectivity index is 1.51. The summed E-state index contributed by atoms with van der Waals surface area (Å²) in [5.41, 5.74) is 4.93. The molecule has 0 spiro atoms. The maximum Gasteiger partial charge on any atom is 0.217 e. The average Bonchev–Trinajstić information content (AvgIpc) is 3.25. The minimum Gasteiger partial charge on any atom is -0.367 e. The lowest BCUT2D eigenvalue weighted by Gasteiger charge is -2.30. The summed E-state index contributed by atoms with van der Waals surface area (Å²) in [5.74, 6) is 1.15. The van der Waals surface area contributed by atoms with Crippen LogP contribution < -0.4 is 15.5 Å². The van der Waals surface area contributed by atoms with Crippen LogP contribution in [0.5, 0.6) is 0 Å². The molecule has 0 unspecified atom stereocenters. The van der Waals surface area contributed by atoms with E-state index in [1.165, 1.54) is 16.8 Å². The molecular formula is C28H32ClN3O. The first-order valence-corrected chi connectivity index (χ1v) is 12.0. The quantitative estimate of drug-likeness (QED) is 0.468. The van der Waals surface area contributed by atoms with E-state index in [1.807, 2.05) is 12.1 Å². The summed E-state index contributed by atoms with van der Waals surface area (Å²) >= 11 is 6.18. The number of nitrogens with zero attached hydrogens (tertiary/aromatic N) is 1. The molecule has 2 N–H and O–H groups in total. The van der Waals surface area contributed by atoms with E-state index in [1.54, 1.807) is 6.92 Å². The highest BCUT2D eigenvalue weighted by Crippen LogP contribution is 2.27. The van der Waals surface area contributed by atoms with Crippen molar-refractivity contribution < 1.29 is 4.79 Å². The Morgan fingerprint density at radius 3 is 2.39 bits per heavy atom. The zero-order valence-corrected chi connectivity index (χ0v) is 19.9. The van der Waals surface area contributed by atoms with E-state index in [0.29, 0.717) is 18.4 Å². The summed E-state index contributed by atoms with van der Waals surface area (Å²) in [4.78, 5) is 13.8. The number of benzene rings is 3. The molecule has 3 aromatic rings. The van der Waals surface area contributed by atoms with Crippen molar-refractivity contribution in [1.82, 2.24) is 10.6 Å². The van der Waals surface area contributed by atoms with Crippen LogP contribution in [0, 0.1) is 11.8 Å². The van der Waals surface area contributed by atoms with E-state index < -0.39 is 0 Å². The summed E-state index contributed by atoms with van der Waals surface area (Å²) in [7, 11) is 0. The van der Waals surface area contributed by atoms with Crippen LogP contribution in [-0.4, -0.2) is 25.5 Å². The third-order valence-corrected chi connectivity index (χ3v) is 6.63. The van der Waals surface area contributed by atoms with Gasteiger partial charge in [-0.05, 0) is 72.3 Å². The molecule has 0 aromatic heterocycles. The van der Waals surface area contributed by atoms with Crippen LogP contribution >= 0.6 is 11.6 Å². The van der Waals surface area contributed by atoms with Gasteiger partial charge in [0.15, 0.2) is 0 Å². The van der Waals surface area contributed by atoms with Crippen molar-refractivity contribution in [3.63, 3.8) is 0 Å². The highest BCUT2D eigenvalue weighted by Gasteiger charge is 2.29. The molecule has 2 atom stereocenters. The second-order valence-corrected chi connectivity index (χ2v) is 9.39. The van der Waals surface area contributed by atoms with E-state index in [9.17, 15) is 4.79 Å². The molecule has 33 heavy (non-hydrogen) atoms. The van der Waals surface area contributed by atoms with Gasteiger partial charge in [-0.15, -0.1) is 0 Å². The van der Waals surface area contributed by atoms with Gasteiger partial charge >= 0.3 is 0 Å². The molecular weight excluding hydrogens is 430 g/mol. The number of nitrogens with one attached hydrogen (secondary N) is 2. The van der Waals surface area contributed by atoms with Crippen LogP contribution in [0.15, 0.2) is 78.9 Å². The third kappa shape index (κ3) is 6.83. The fourth-order valence-electron chi connectivity index (χ4n) is 4.64. The molecule has 1 aliphatic rings. The summed E-state index contributed by atoms with van der Waals surface area (Å²) in [6.07, 6.45) is 1.10. The first-order chi connectivity index (χ1) is 16.1. The summed E-state index contributed by atoms with van der Waals surface area (Å²) in [5, 5.41) is 7.26. The van der Waals surface area contributed by atoms with E-state index in [4.69, 9.17) is 11.6 Å². The number of carbonyl (C=O) groups excluding carboxylic acids is 1. The Kier molecular flexibility index (Phi) is 8.03. The molecule has 1 fully saturated rings. The standard InChI is InChI=1S/C28H32ClN3O/c1-21(33)31-16-23-8-5-9-24(14-23)19-32(28-12-10-27(29)11-13-28)20-26-18-30-17-25(26)15-22-6-3-2-4-7-22/h2-14,25-26,30H,15-20H2,1H3,(H,31,33)/t25-,26+/m0/s1. The van der Waals surface area contributed by atoms with Gasteiger partial charge in [0.25, 0.3) is 0 Å². The highest BCUT2D eigenvalue weighted by atomic mass is 35.5. The van der Waals surface area contributed by atoms with Gasteiger partial charge in [0.1, 0.15) is 0 Å². The number of rotatable bonds is 9. The fraction of sp³-hybridized carbons (Fsp3) is 0.321. The molecule has 1 amide bonds. The van der Waals surface area contributed by atoms with E-state index in [-0.39, 0.29) is 5.91 Å². The summed E-state index contributed by atoms with van der Waals surface area (Å²) in [6, 6.07) is 27.4. The van der Waals surface area contributed by atoms with Crippen molar-refractivity contribution in [2.75, 3.05) is 24.5 Å². The first kappa shape index (κ1) is 23.3. The van der Waals surface area contributed by atoms with Crippen molar-refractivity contribution in [3.8, 4) is 0 Å². The Morgan fingerprint density at radius 2 is 1.64 bits per heavy atom. The van der Waals surface area contributed by atoms with Crippen LogP contribution in [0.4, 0.5) is 5.69 Å². The number of hydrogen-bond donors (Lipinski definition) is 2. The maximum absolute atomic E-state index is 11.3. The molecule has 1 saturated heterocycles. The molecule has 172 valence electrons. The molecule has 5 heteroatoms. The molecule has 0 saturated carbocycles. The Morgan fingerprint density at radius 1 is 0.939 bits per heavy atom. The SMILES string of the molecule is CC(=O)NCc1cccc(CN(C[C@H]2CNC[C@@H]2Cc2ccccc2)c2ccc(Cl)cc2)c1. The van der Waals surface area contributed by atoms with Gasteiger partial charge in [-0.2, -0.15) is 0 Å². The van der Waals surface area contributed by atoms with Crippen LogP contribution in [-0.2, 0) is 24.3 Å². The maximum atomic E-state index is 11.3. The Labute approximate surface area is 202 Å². The second kappa shape index (κ2) is 11.4. The fourth-order valence-corrected chi connectivity index (χ4v) is 4.76. The van der Waals surface area contributed by atoms with Crippen molar-refractivity contribution in [2.24, 2.45) is 11.8 Å². The van der Waals surface area contributed by atoms with Crippen LogP contribution in [0.1, 0.15) is 23.6 Å². The van der Waals surface area contributed by atoms with Gasteiger partial charge < -0.3 is 15.5 Å². The number of halogens is 1. The average molecular weight is 462 g/mol. The predicted octanol–water partition coefficient (Wildman–Crippen LogP) is 5.06. The molecule has 4 rings (SSSR count). The first-order valence-electron chi connectivity index (χ1n) is 11.6. The Bertz CT molecular complexity index is 1040. The lowest BCUT2D eigenvalue weighted by atomic mass is 9.89. The second-order valence-electron chi connectivity index (χ2n) is 8.95. The van der Waals surface area contributed by atoms with Gasteiger partial charge in [0.2, 0.25) is 5.91 Å². The minimum absolute atomic E-state index is 0.0126. The summed E-state index contributed by atoms with van der Waals surface area (Å²) in [6.45, 7) is 5.97. The van der Waals surface area contributed by atoms with Gasteiger partial charge in [0, 0.05) is 37.3 Å². The van der Waals surface area contributed by atoms with Gasteiger partial charge in [-0.25, -0.2) is 0 Å². The topological polar surface area (TPSA) is 44.4 Å². The monoisotopic (exact) mass is 461 g/mol. The number of anilines is 1. The molecule has 1 aliphatic heterocycles. The van der Waals surface area contributed by atoms with E-state index in [2.05, 4.69) is 82.3 Å². The highest BCUT2D eigenvalue weighted by molar-refractivity contribution is 6.30. The van der Waals surface area contributed by atoms with Crippen molar-refractivity contribution in [1.29, 1.82) is 0 Å². The smallest absolute Gasteiger partial charge is 0.217 e. The van der Waals surface area contributed by atoms with Crippen molar-refractivity contribution >= 4 is 23.2 Å². The third-order valence-electron chi connectivity index (χ3n) is 6.37. The van der Waals surface area contributed by atoms with Crippen molar-refractivity contribution in [3.05, 3.63) is 101 Å². The Hall–Kier alpha value is -2.82. The molecule has 0 aliphatic carbocycles. The number of hydrogen-bond acceptors (Lipinski definition) is 3. The number of carbonyl (C=O) groups is 1. The lowest BCUT2D eigenvalue weighted by Crippen LogP contribution is -2.33. The lowest BCUT2D eigenvalue weighted by molar-refractivity contribution is -0.119. The molecule has 1 heterocycles. The largest absolute Gasteiger partial charge is 0.367 e. The zero-order valence-electron chi connectivity index (χ0n) is 19.1. The summed E-state index contributed by atoms with van der Waals surface area (Å²) < 4.78 is 0. The van der Waals surface area contributed by atoms with Crippen molar-refractivity contribution in [2.45, 2.75) is 26.4 Å². The van der Waals surface area contributed by atoms with Gasteiger partial charge in [-0.3, -0.25) is 4.79 Å². The molecule has 4 nitrogen and oxygen atoms in total. The molecule has 0 bridgehead atoms.